The lowest BCUT2D eigenvalue weighted by atomic mass is 10.3. The Morgan fingerprint density at radius 1 is 1.42 bits per heavy atom. The van der Waals surface area contributed by atoms with E-state index in [0.717, 1.165) is 35.5 Å². The van der Waals surface area contributed by atoms with Gasteiger partial charge < -0.3 is 10.2 Å². The summed E-state index contributed by atoms with van der Waals surface area (Å²) >= 11 is 7.50. The Morgan fingerprint density at radius 3 is 2.95 bits per heavy atom. The second-order valence-corrected chi connectivity index (χ2v) is 6.07. The molecule has 0 amide bonds. The Balaban J connectivity index is 1.93. The Labute approximate surface area is 122 Å². The number of fused-ring (bicyclic) bond motifs is 1. The molecule has 0 spiro atoms. The molecule has 2 aromatic heterocycles. The molecule has 0 saturated carbocycles. The molecule has 104 valence electrons. The number of rotatable bonds is 6. The molecular formula is C13H19ClN4S. The normalized spacial score (nSPS) is 11.7. The van der Waals surface area contributed by atoms with Crippen molar-refractivity contribution in [2.75, 3.05) is 25.5 Å². The first kappa shape index (κ1) is 14.5. The first-order chi connectivity index (χ1) is 9.08. The van der Waals surface area contributed by atoms with Crippen molar-refractivity contribution in [1.29, 1.82) is 0 Å². The SMILES string of the molecule is CC(C)N(C)CCCNc1nc(Cl)nc2sccc12. The van der Waals surface area contributed by atoms with Crippen molar-refractivity contribution in [2.45, 2.75) is 26.3 Å². The summed E-state index contributed by atoms with van der Waals surface area (Å²) in [6.45, 7) is 6.35. The Bertz CT molecular complexity index is 540. The van der Waals surface area contributed by atoms with Crippen LogP contribution in [0.15, 0.2) is 11.4 Å². The minimum atomic E-state index is 0.303. The summed E-state index contributed by atoms with van der Waals surface area (Å²) in [5.74, 6) is 0.837. The van der Waals surface area contributed by atoms with Gasteiger partial charge in [-0.15, -0.1) is 11.3 Å². The molecule has 0 aromatic carbocycles. The van der Waals surface area contributed by atoms with Gasteiger partial charge in [0.1, 0.15) is 10.6 Å². The van der Waals surface area contributed by atoms with Crippen molar-refractivity contribution >= 4 is 39.0 Å². The van der Waals surface area contributed by atoms with Crippen LogP contribution < -0.4 is 5.32 Å². The third-order valence-electron chi connectivity index (χ3n) is 3.16. The van der Waals surface area contributed by atoms with Crippen molar-refractivity contribution in [3.8, 4) is 0 Å². The van der Waals surface area contributed by atoms with Crippen LogP contribution in [-0.4, -0.2) is 41.0 Å². The molecule has 2 heterocycles. The summed E-state index contributed by atoms with van der Waals surface area (Å²) in [5.41, 5.74) is 0. The number of anilines is 1. The zero-order valence-corrected chi connectivity index (χ0v) is 13.1. The highest BCUT2D eigenvalue weighted by molar-refractivity contribution is 7.16. The van der Waals surface area contributed by atoms with Gasteiger partial charge in [0.15, 0.2) is 0 Å². The molecule has 0 aliphatic carbocycles. The van der Waals surface area contributed by atoms with E-state index < -0.39 is 0 Å². The minimum Gasteiger partial charge on any atom is -0.369 e. The van der Waals surface area contributed by atoms with Crippen LogP contribution in [0.1, 0.15) is 20.3 Å². The van der Waals surface area contributed by atoms with Crippen LogP contribution in [0.2, 0.25) is 5.28 Å². The summed E-state index contributed by atoms with van der Waals surface area (Å²) in [4.78, 5) is 11.7. The van der Waals surface area contributed by atoms with Crippen LogP contribution in [0.25, 0.3) is 10.2 Å². The molecule has 0 radical (unpaired) electrons. The molecule has 0 bridgehead atoms. The first-order valence-corrected chi connectivity index (χ1v) is 7.68. The van der Waals surface area contributed by atoms with Gasteiger partial charge in [-0.05, 0) is 56.9 Å². The maximum atomic E-state index is 5.92. The highest BCUT2D eigenvalue weighted by atomic mass is 35.5. The van der Waals surface area contributed by atoms with Crippen molar-refractivity contribution in [1.82, 2.24) is 14.9 Å². The van der Waals surface area contributed by atoms with E-state index in [1.54, 1.807) is 11.3 Å². The fourth-order valence-electron chi connectivity index (χ4n) is 1.76. The topological polar surface area (TPSA) is 41.0 Å². The second-order valence-electron chi connectivity index (χ2n) is 4.84. The van der Waals surface area contributed by atoms with E-state index in [-0.39, 0.29) is 0 Å². The van der Waals surface area contributed by atoms with Gasteiger partial charge in [-0.2, -0.15) is 0 Å². The van der Waals surface area contributed by atoms with Crippen molar-refractivity contribution in [3.63, 3.8) is 0 Å². The fourth-order valence-corrected chi connectivity index (χ4v) is 2.74. The minimum absolute atomic E-state index is 0.303. The van der Waals surface area contributed by atoms with Crippen LogP contribution in [0.4, 0.5) is 5.82 Å². The summed E-state index contributed by atoms with van der Waals surface area (Å²) in [6.07, 6.45) is 1.07. The quantitative estimate of drug-likeness (QED) is 0.655. The number of aromatic nitrogens is 2. The Hall–Kier alpha value is -0.910. The molecule has 0 aliphatic rings. The van der Waals surface area contributed by atoms with E-state index in [0.29, 0.717) is 11.3 Å². The lowest BCUT2D eigenvalue weighted by Crippen LogP contribution is -2.28. The van der Waals surface area contributed by atoms with Crippen LogP contribution >= 0.6 is 22.9 Å². The molecule has 2 aromatic rings. The van der Waals surface area contributed by atoms with Gasteiger partial charge in [0.05, 0.1) is 5.39 Å². The zero-order valence-electron chi connectivity index (χ0n) is 11.5. The van der Waals surface area contributed by atoms with E-state index >= 15 is 0 Å². The molecule has 6 heteroatoms. The predicted molar refractivity (Wildman–Crippen MR) is 83.3 cm³/mol. The standard InChI is InChI=1S/C13H19ClN4S/c1-9(2)18(3)7-4-6-15-11-10-5-8-19-12(10)17-13(14)16-11/h5,8-9H,4,6-7H2,1-3H3,(H,15,16,17). The lowest BCUT2D eigenvalue weighted by Gasteiger charge is -2.20. The largest absolute Gasteiger partial charge is 0.369 e. The molecule has 19 heavy (non-hydrogen) atoms. The Kier molecular flexibility index (Phi) is 4.96. The zero-order chi connectivity index (χ0) is 13.8. The number of nitrogens with one attached hydrogen (secondary N) is 1. The highest BCUT2D eigenvalue weighted by Gasteiger charge is 2.07. The van der Waals surface area contributed by atoms with E-state index in [2.05, 4.69) is 41.1 Å². The number of nitrogens with zero attached hydrogens (tertiary/aromatic N) is 3. The van der Waals surface area contributed by atoms with Gasteiger partial charge in [0, 0.05) is 12.6 Å². The van der Waals surface area contributed by atoms with E-state index in [9.17, 15) is 0 Å². The number of halogens is 1. The molecule has 0 unspecified atom stereocenters. The summed E-state index contributed by atoms with van der Waals surface area (Å²) in [6, 6.07) is 2.61. The molecule has 0 aliphatic heterocycles. The van der Waals surface area contributed by atoms with Gasteiger partial charge in [0.25, 0.3) is 0 Å². The predicted octanol–water partition coefficient (Wildman–Crippen LogP) is 3.49. The van der Waals surface area contributed by atoms with Gasteiger partial charge >= 0.3 is 0 Å². The third-order valence-corrected chi connectivity index (χ3v) is 4.14. The second kappa shape index (κ2) is 6.50. The number of thiophene rings is 1. The van der Waals surface area contributed by atoms with Gasteiger partial charge in [-0.25, -0.2) is 9.97 Å². The molecule has 0 atom stereocenters. The van der Waals surface area contributed by atoms with Gasteiger partial charge in [0.2, 0.25) is 5.28 Å². The smallest absolute Gasteiger partial charge is 0.225 e. The van der Waals surface area contributed by atoms with Crippen LogP contribution in [0.5, 0.6) is 0 Å². The molecule has 0 saturated heterocycles. The monoisotopic (exact) mass is 298 g/mol. The number of hydrogen-bond acceptors (Lipinski definition) is 5. The Morgan fingerprint density at radius 2 is 2.21 bits per heavy atom. The molecule has 0 fully saturated rings. The fraction of sp³-hybridized carbons (Fsp3) is 0.538. The van der Waals surface area contributed by atoms with Crippen molar-refractivity contribution in [3.05, 3.63) is 16.7 Å². The van der Waals surface area contributed by atoms with Gasteiger partial charge in [-0.1, -0.05) is 0 Å². The van der Waals surface area contributed by atoms with E-state index in [4.69, 9.17) is 11.6 Å². The van der Waals surface area contributed by atoms with Crippen LogP contribution in [0.3, 0.4) is 0 Å². The lowest BCUT2D eigenvalue weighted by molar-refractivity contribution is 0.273. The molecule has 1 N–H and O–H groups in total. The van der Waals surface area contributed by atoms with Crippen molar-refractivity contribution in [2.24, 2.45) is 0 Å². The van der Waals surface area contributed by atoms with E-state index in [1.165, 1.54) is 0 Å². The highest BCUT2D eigenvalue weighted by Crippen LogP contribution is 2.26. The van der Waals surface area contributed by atoms with E-state index in [1.807, 2.05) is 11.4 Å². The molecule has 4 nitrogen and oxygen atoms in total. The number of hydrogen-bond donors (Lipinski definition) is 1. The summed E-state index contributed by atoms with van der Waals surface area (Å²) in [7, 11) is 2.14. The maximum absolute atomic E-state index is 5.92. The molecular weight excluding hydrogens is 280 g/mol. The molecule has 2 rings (SSSR count). The van der Waals surface area contributed by atoms with Gasteiger partial charge in [-0.3, -0.25) is 0 Å². The summed E-state index contributed by atoms with van der Waals surface area (Å²) in [5, 5.41) is 6.71. The maximum Gasteiger partial charge on any atom is 0.225 e. The average molecular weight is 299 g/mol. The first-order valence-electron chi connectivity index (χ1n) is 6.43. The van der Waals surface area contributed by atoms with Crippen LogP contribution in [-0.2, 0) is 0 Å². The third kappa shape index (κ3) is 3.78. The van der Waals surface area contributed by atoms with Crippen molar-refractivity contribution < 1.29 is 0 Å². The summed E-state index contributed by atoms with van der Waals surface area (Å²) < 4.78 is 0. The average Bonchev–Trinajstić information content (AvgIpc) is 2.81. The van der Waals surface area contributed by atoms with Crippen LogP contribution in [0, 0.1) is 0 Å².